The van der Waals surface area contributed by atoms with Gasteiger partial charge in [0.15, 0.2) is 17.5 Å². The smallest absolute Gasteiger partial charge is 0.164 e. The van der Waals surface area contributed by atoms with Gasteiger partial charge in [-0.2, -0.15) is 0 Å². The highest BCUT2D eigenvalue weighted by atomic mass is 16.3. The molecule has 0 radical (unpaired) electrons. The van der Waals surface area contributed by atoms with Crippen molar-refractivity contribution >= 4 is 59.8 Å². The van der Waals surface area contributed by atoms with Gasteiger partial charge >= 0.3 is 0 Å². The zero-order valence-electron chi connectivity index (χ0n) is 32.9. The Morgan fingerprint density at radius 3 is 2.08 bits per heavy atom. The lowest BCUT2D eigenvalue weighted by Crippen LogP contribution is -2.19. The molecular weight excluding hydrogens is 731 g/mol. The topological polar surface area (TPSA) is 51.8 Å². The van der Waals surface area contributed by atoms with Crippen LogP contribution in [-0.2, 0) is 0 Å². The van der Waals surface area contributed by atoms with E-state index in [0.29, 0.717) is 17.5 Å². The molecular formula is C56H37N3O. The second-order valence-electron chi connectivity index (χ2n) is 16.2. The van der Waals surface area contributed by atoms with Crippen LogP contribution in [0.1, 0.15) is 19.2 Å². The molecule has 4 heteroatoms. The number of nitrogens with zero attached hydrogens (tertiary/aromatic N) is 3. The molecule has 0 bridgehead atoms. The summed E-state index contributed by atoms with van der Waals surface area (Å²) in [4.78, 5) is 15.7. The van der Waals surface area contributed by atoms with Crippen molar-refractivity contribution in [2.75, 3.05) is 0 Å². The molecule has 1 atom stereocenters. The number of allylic oxidation sites excluding steroid dienone is 8. The molecule has 10 aromatic rings. The lowest BCUT2D eigenvalue weighted by atomic mass is 9.73. The molecule has 0 spiro atoms. The van der Waals surface area contributed by atoms with Crippen LogP contribution in [0.25, 0.3) is 105 Å². The van der Waals surface area contributed by atoms with Crippen molar-refractivity contribution < 1.29 is 4.42 Å². The fourth-order valence-electron chi connectivity index (χ4n) is 9.33. The second-order valence-corrected chi connectivity index (χ2v) is 16.2. The molecule has 0 saturated heterocycles. The highest BCUT2D eigenvalue weighted by Crippen LogP contribution is 2.44. The lowest BCUT2D eigenvalue weighted by Gasteiger charge is -2.31. The Kier molecular flexibility index (Phi) is 7.69. The average molecular weight is 768 g/mol. The van der Waals surface area contributed by atoms with Crippen LogP contribution < -0.4 is 0 Å². The molecule has 8 aromatic carbocycles. The summed E-state index contributed by atoms with van der Waals surface area (Å²) in [7, 11) is 0. The van der Waals surface area contributed by atoms with E-state index in [9.17, 15) is 0 Å². The van der Waals surface area contributed by atoms with Gasteiger partial charge in [-0.25, -0.2) is 15.0 Å². The number of hydrogen-bond donors (Lipinski definition) is 0. The van der Waals surface area contributed by atoms with Crippen molar-refractivity contribution in [2.45, 2.75) is 13.3 Å². The van der Waals surface area contributed by atoms with Crippen LogP contribution in [0, 0.1) is 5.41 Å². The quantitative estimate of drug-likeness (QED) is 0.175. The summed E-state index contributed by atoms with van der Waals surface area (Å²) in [5.74, 6) is 1.97. The van der Waals surface area contributed by atoms with Gasteiger partial charge in [0.2, 0.25) is 0 Å². The molecule has 1 unspecified atom stereocenters. The largest absolute Gasteiger partial charge is 0.456 e. The van der Waals surface area contributed by atoms with E-state index < -0.39 is 0 Å². The standard InChI is InChI=1S/C56H37N3O/c1-56-30-7-6-16-41(56)33-40(29-31-56)54-57-53(39-26-25-35-12-2-3-14-37(35)32-39)58-55(59-54)48-23-10-19-44-45(20-9-21-46(44)48)47-22-11-24-50-52(47)49-28-27-38(34-51(49)60-50)43-18-8-15-36-13-4-5-17-42(36)43/h2-30,32-34H,31H2,1H3. The molecule has 0 amide bonds. The minimum absolute atomic E-state index is 0.0381. The minimum atomic E-state index is -0.0381. The van der Waals surface area contributed by atoms with Crippen molar-refractivity contribution in [2.24, 2.45) is 5.41 Å². The molecule has 2 aromatic heterocycles. The summed E-state index contributed by atoms with van der Waals surface area (Å²) in [5, 5.41) is 9.16. The third-order valence-corrected chi connectivity index (χ3v) is 12.5. The van der Waals surface area contributed by atoms with E-state index in [1.54, 1.807) is 0 Å². The van der Waals surface area contributed by atoms with Gasteiger partial charge in [0.25, 0.3) is 0 Å². The third kappa shape index (κ3) is 5.56. The van der Waals surface area contributed by atoms with E-state index in [4.69, 9.17) is 19.4 Å². The maximum absolute atomic E-state index is 6.64. The first kappa shape index (κ1) is 34.4. The number of furan rings is 1. The molecule has 0 saturated carbocycles. The van der Waals surface area contributed by atoms with Crippen LogP contribution >= 0.6 is 0 Å². The van der Waals surface area contributed by atoms with Crippen LogP contribution in [0.3, 0.4) is 0 Å². The number of aromatic nitrogens is 3. The maximum Gasteiger partial charge on any atom is 0.164 e. The van der Waals surface area contributed by atoms with Crippen LogP contribution in [0.5, 0.6) is 0 Å². The predicted octanol–water partition coefficient (Wildman–Crippen LogP) is 14.7. The monoisotopic (exact) mass is 767 g/mol. The van der Waals surface area contributed by atoms with Crippen molar-refractivity contribution in [1.82, 2.24) is 15.0 Å². The normalized spacial score (nSPS) is 16.1. The minimum Gasteiger partial charge on any atom is -0.456 e. The first-order chi connectivity index (χ1) is 29.6. The van der Waals surface area contributed by atoms with Crippen molar-refractivity contribution in [3.63, 3.8) is 0 Å². The van der Waals surface area contributed by atoms with Gasteiger partial charge in [0.1, 0.15) is 11.2 Å². The molecule has 12 rings (SSSR count). The molecule has 0 N–H and O–H groups in total. The molecule has 0 fully saturated rings. The van der Waals surface area contributed by atoms with Crippen molar-refractivity contribution in [3.05, 3.63) is 206 Å². The van der Waals surface area contributed by atoms with Gasteiger partial charge in [0, 0.05) is 32.9 Å². The lowest BCUT2D eigenvalue weighted by molar-refractivity contribution is 0.528. The Hall–Kier alpha value is -7.69. The van der Waals surface area contributed by atoms with Crippen LogP contribution in [-0.4, -0.2) is 15.0 Å². The third-order valence-electron chi connectivity index (χ3n) is 12.5. The second kappa shape index (κ2) is 13.4. The van der Waals surface area contributed by atoms with Gasteiger partial charge in [-0.1, -0.05) is 171 Å². The number of rotatable bonds is 5. The SMILES string of the molecule is CC12C=CC=CC1=CC(c1nc(-c3ccc4ccccc4c3)nc(-c3cccc4c(-c5cccc6oc7cc(-c8cccc9ccccc89)ccc7c56)cccc34)n1)=CC2. The molecule has 60 heavy (non-hydrogen) atoms. The van der Waals surface area contributed by atoms with Gasteiger partial charge in [-0.15, -0.1) is 0 Å². The summed E-state index contributed by atoms with van der Waals surface area (Å²) in [6.07, 6.45) is 14.1. The fourth-order valence-corrected chi connectivity index (χ4v) is 9.33. The highest BCUT2D eigenvalue weighted by molar-refractivity contribution is 6.17. The van der Waals surface area contributed by atoms with Crippen LogP contribution in [0.4, 0.5) is 0 Å². The summed E-state index contributed by atoms with van der Waals surface area (Å²) >= 11 is 0. The molecule has 4 nitrogen and oxygen atoms in total. The van der Waals surface area contributed by atoms with Gasteiger partial charge < -0.3 is 4.42 Å². The van der Waals surface area contributed by atoms with Gasteiger partial charge in [0.05, 0.1) is 0 Å². The highest BCUT2D eigenvalue weighted by Gasteiger charge is 2.29. The summed E-state index contributed by atoms with van der Waals surface area (Å²) in [6.45, 7) is 2.29. The van der Waals surface area contributed by atoms with Gasteiger partial charge in [-0.05, 0) is 96.9 Å². The Bertz CT molecular complexity index is 3540. The zero-order chi connectivity index (χ0) is 39.8. The van der Waals surface area contributed by atoms with E-state index in [1.807, 2.05) is 0 Å². The van der Waals surface area contributed by atoms with Crippen LogP contribution in [0.15, 0.2) is 204 Å². The number of fused-ring (bicyclic) bond motifs is 7. The fraction of sp³-hybridized carbons (Fsp3) is 0.0536. The Morgan fingerprint density at radius 2 is 1.17 bits per heavy atom. The van der Waals surface area contributed by atoms with Crippen molar-refractivity contribution in [1.29, 1.82) is 0 Å². The predicted molar refractivity (Wildman–Crippen MR) is 248 cm³/mol. The summed E-state index contributed by atoms with van der Waals surface area (Å²) in [5.41, 5.74) is 10.5. The Morgan fingerprint density at radius 1 is 0.483 bits per heavy atom. The Labute approximate surface area is 347 Å². The number of hydrogen-bond acceptors (Lipinski definition) is 4. The summed E-state index contributed by atoms with van der Waals surface area (Å²) < 4.78 is 6.64. The molecule has 0 aliphatic heterocycles. The first-order valence-electron chi connectivity index (χ1n) is 20.6. The molecule has 2 aliphatic carbocycles. The van der Waals surface area contributed by atoms with E-state index in [1.165, 1.54) is 27.3 Å². The number of benzene rings is 8. The van der Waals surface area contributed by atoms with E-state index in [0.717, 1.165) is 77.9 Å². The summed E-state index contributed by atoms with van der Waals surface area (Å²) in [6, 6.07) is 55.9. The first-order valence-corrected chi connectivity index (χ1v) is 20.6. The van der Waals surface area contributed by atoms with E-state index in [2.05, 4.69) is 201 Å². The van der Waals surface area contributed by atoms with Crippen LogP contribution in [0.2, 0.25) is 0 Å². The van der Waals surface area contributed by atoms with Gasteiger partial charge in [-0.3, -0.25) is 0 Å². The van der Waals surface area contributed by atoms with E-state index >= 15 is 0 Å². The zero-order valence-corrected chi connectivity index (χ0v) is 32.9. The van der Waals surface area contributed by atoms with E-state index in [-0.39, 0.29) is 5.41 Å². The average Bonchev–Trinajstić information content (AvgIpc) is 3.69. The Balaban J connectivity index is 1.02. The van der Waals surface area contributed by atoms with Crippen molar-refractivity contribution in [3.8, 4) is 45.0 Å². The molecule has 2 heterocycles. The molecule has 282 valence electrons. The molecule has 2 aliphatic rings. The maximum atomic E-state index is 6.64.